The number of hydrogen-bond donors (Lipinski definition) is 1. The highest BCUT2D eigenvalue weighted by Crippen LogP contribution is 2.17. The second kappa shape index (κ2) is 10.7. The van der Waals surface area contributed by atoms with Crippen LogP contribution < -0.4 is 5.32 Å². The van der Waals surface area contributed by atoms with E-state index in [4.69, 9.17) is 4.74 Å². The predicted molar refractivity (Wildman–Crippen MR) is 116 cm³/mol. The Hall–Kier alpha value is -2.46. The molecule has 0 saturated carbocycles. The normalized spacial score (nSPS) is 20.5. The average molecular weight is 435 g/mol. The van der Waals surface area contributed by atoms with Crippen LogP contribution in [-0.2, 0) is 21.4 Å². The van der Waals surface area contributed by atoms with Crippen LogP contribution in [0.25, 0.3) is 0 Å². The van der Waals surface area contributed by atoms with Gasteiger partial charge in [-0.2, -0.15) is 5.10 Å². The quantitative estimate of drug-likeness (QED) is 0.626. The molecule has 2 aliphatic rings. The highest BCUT2D eigenvalue weighted by atomic mass is 16.5. The summed E-state index contributed by atoms with van der Waals surface area (Å²) in [6.45, 7) is 8.57. The molecule has 1 aromatic rings. The summed E-state index contributed by atoms with van der Waals surface area (Å²) in [5.41, 5.74) is 0.243. The van der Waals surface area contributed by atoms with Crippen LogP contribution in [0.3, 0.4) is 0 Å². The molecule has 31 heavy (non-hydrogen) atoms. The van der Waals surface area contributed by atoms with Crippen molar-refractivity contribution in [3.8, 4) is 0 Å². The molecule has 0 bridgehead atoms. The number of carbonyl (C=O) groups is 3. The van der Waals surface area contributed by atoms with E-state index in [9.17, 15) is 14.4 Å². The molecular weight excluding hydrogens is 400 g/mol. The molecule has 1 unspecified atom stereocenters. The zero-order chi connectivity index (χ0) is 22.4. The Morgan fingerprint density at radius 1 is 1.10 bits per heavy atom. The summed E-state index contributed by atoms with van der Waals surface area (Å²) in [7, 11) is 1.66. The summed E-state index contributed by atoms with van der Waals surface area (Å²) in [5, 5.41) is 6.83. The van der Waals surface area contributed by atoms with E-state index in [1.54, 1.807) is 14.0 Å². The van der Waals surface area contributed by atoms with E-state index in [-0.39, 0.29) is 30.5 Å². The first-order valence-electron chi connectivity index (χ1n) is 11.1. The molecular formula is C21H34N6O4. The molecule has 3 rings (SSSR count). The molecule has 1 N–H and O–H groups in total. The van der Waals surface area contributed by atoms with Crippen LogP contribution in [0.2, 0.25) is 0 Å². The van der Waals surface area contributed by atoms with Crippen LogP contribution in [0.4, 0.5) is 5.82 Å². The minimum atomic E-state index is -0.507. The number of nitrogens with one attached hydrogen (secondary N) is 1. The molecule has 10 heteroatoms. The summed E-state index contributed by atoms with van der Waals surface area (Å²) in [6.07, 6.45) is 4.77. The van der Waals surface area contributed by atoms with E-state index >= 15 is 0 Å². The van der Waals surface area contributed by atoms with Gasteiger partial charge in [0.15, 0.2) is 0 Å². The van der Waals surface area contributed by atoms with Gasteiger partial charge in [0.1, 0.15) is 11.4 Å². The van der Waals surface area contributed by atoms with Crippen LogP contribution in [-0.4, -0.2) is 101 Å². The fraction of sp³-hybridized carbons (Fsp3) is 0.714. The van der Waals surface area contributed by atoms with Crippen LogP contribution in [0.15, 0.2) is 6.20 Å². The van der Waals surface area contributed by atoms with Crippen molar-refractivity contribution >= 4 is 23.6 Å². The number of likely N-dealkylation sites (tertiary alicyclic amines) is 1. The van der Waals surface area contributed by atoms with Gasteiger partial charge in [-0.1, -0.05) is 0 Å². The molecule has 1 atom stereocenters. The topological polar surface area (TPSA) is 100 Å². The van der Waals surface area contributed by atoms with Gasteiger partial charge in [0.25, 0.3) is 0 Å². The SMILES string of the molecule is CCOC(=O)c1cnn(C)c1NC(=O)CN1CCN(CC(=O)N2CCCCC2C)CC1. The third-order valence-corrected chi connectivity index (χ3v) is 6.01. The Balaban J connectivity index is 1.45. The minimum Gasteiger partial charge on any atom is -0.462 e. The third-order valence-electron chi connectivity index (χ3n) is 6.01. The third kappa shape index (κ3) is 6.04. The fourth-order valence-electron chi connectivity index (χ4n) is 4.17. The number of rotatable bonds is 7. The van der Waals surface area contributed by atoms with Gasteiger partial charge in [-0.25, -0.2) is 4.79 Å². The Morgan fingerprint density at radius 3 is 2.42 bits per heavy atom. The maximum atomic E-state index is 12.6. The number of anilines is 1. The molecule has 0 aliphatic carbocycles. The number of amides is 2. The van der Waals surface area contributed by atoms with Crippen molar-refractivity contribution in [2.24, 2.45) is 7.05 Å². The summed E-state index contributed by atoms with van der Waals surface area (Å²) in [4.78, 5) is 43.5. The van der Waals surface area contributed by atoms with Gasteiger partial charge in [-0.05, 0) is 33.1 Å². The van der Waals surface area contributed by atoms with E-state index in [2.05, 4.69) is 27.1 Å². The molecule has 2 saturated heterocycles. The molecule has 172 valence electrons. The van der Waals surface area contributed by atoms with Gasteiger partial charge in [-0.3, -0.25) is 24.1 Å². The van der Waals surface area contributed by atoms with Crippen LogP contribution in [0.5, 0.6) is 0 Å². The van der Waals surface area contributed by atoms with E-state index in [0.29, 0.717) is 31.5 Å². The van der Waals surface area contributed by atoms with Gasteiger partial charge >= 0.3 is 5.97 Å². The second-order valence-electron chi connectivity index (χ2n) is 8.28. The molecule has 3 heterocycles. The lowest BCUT2D eigenvalue weighted by Crippen LogP contribution is -2.53. The van der Waals surface area contributed by atoms with Crippen molar-refractivity contribution in [3.63, 3.8) is 0 Å². The van der Waals surface area contributed by atoms with Crippen molar-refractivity contribution in [3.05, 3.63) is 11.8 Å². The number of nitrogens with zero attached hydrogens (tertiary/aromatic N) is 5. The van der Waals surface area contributed by atoms with Crippen molar-refractivity contribution in [1.82, 2.24) is 24.5 Å². The molecule has 2 amide bonds. The predicted octanol–water partition coefficient (Wildman–Crippen LogP) is 0.554. The van der Waals surface area contributed by atoms with Gasteiger partial charge in [0, 0.05) is 45.8 Å². The van der Waals surface area contributed by atoms with Gasteiger partial charge in [0.2, 0.25) is 11.8 Å². The molecule has 1 aromatic heterocycles. The van der Waals surface area contributed by atoms with Crippen molar-refractivity contribution in [1.29, 1.82) is 0 Å². The van der Waals surface area contributed by atoms with Crippen molar-refractivity contribution < 1.29 is 19.1 Å². The standard InChI is InChI=1S/C21H34N6O4/c1-4-31-21(30)17-13-22-24(3)20(17)23-18(28)14-25-9-11-26(12-10-25)15-19(29)27-8-6-5-7-16(27)2/h13,16H,4-12,14-15H2,1-3H3,(H,23,28). The molecule has 10 nitrogen and oxygen atoms in total. The highest BCUT2D eigenvalue weighted by Gasteiger charge is 2.27. The zero-order valence-corrected chi connectivity index (χ0v) is 18.8. The Bertz CT molecular complexity index is 787. The number of aryl methyl sites for hydroxylation is 1. The number of esters is 1. The maximum absolute atomic E-state index is 12.6. The summed E-state index contributed by atoms with van der Waals surface area (Å²) in [6, 6.07) is 0.331. The van der Waals surface area contributed by atoms with E-state index in [1.807, 2.05) is 4.90 Å². The van der Waals surface area contributed by atoms with Crippen molar-refractivity contribution in [2.75, 3.05) is 57.7 Å². The van der Waals surface area contributed by atoms with Crippen LogP contribution in [0.1, 0.15) is 43.5 Å². The lowest BCUT2D eigenvalue weighted by Gasteiger charge is -2.37. The first-order valence-corrected chi connectivity index (χ1v) is 11.1. The molecule has 0 aromatic carbocycles. The Kier molecular flexibility index (Phi) is 8.03. The molecule has 0 radical (unpaired) electrons. The number of aromatic nitrogens is 2. The Labute approximate surface area is 183 Å². The molecule has 0 spiro atoms. The lowest BCUT2D eigenvalue weighted by atomic mass is 10.0. The van der Waals surface area contributed by atoms with Gasteiger partial charge in [0.05, 0.1) is 25.9 Å². The van der Waals surface area contributed by atoms with Crippen LogP contribution in [0, 0.1) is 0 Å². The average Bonchev–Trinajstić information content (AvgIpc) is 3.10. The largest absolute Gasteiger partial charge is 0.462 e. The highest BCUT2D eigenvalue weighted by molar-refractivity contribution is 6.00. The fourth-order valence-corrected chi connectivity index (χ4v) is 4.17. The summed E-state index contributed by atoms with van der Waals surface area (Å²) < 4.78 is 6.47. The van der Waals surface area contributed by atoms with E-state index in [1.165, 1.54) is 17.3 Å². The monoisotopic (exact) mass is 434 g/mol. The number of piperazine rings is 1. The van der Waals surface area contributed by atoms with Gasteiger partial charge < -0.3 is 15.0 Å². The molecule has 2 aliphatic heterocycles. The van der Waals surface area contributed by atoms with Crippen LogP contribution >= 0.6 is 0 Å². The number of hydrogen-bond acceptors (Lipinski definition) is 7. The first-order chi connectivity index (χ1) is 14.9. The van der Waals surface area contributed by atoms with Crippen molar-refractivity contribution in [2.45, 2.75) is 39.2 Å². The minimum absolute atomic E-state index is 0.208. The summed E-state index contributed by atoms with van der Waals surface area (Å²) >= 11 is 0. The maximum Gasteiger partial charge on any atom is 0.343 e. The van der Waals surface area contributed by atoms with Gasteiger partial charge in [-0.15, -0.1) is 0 Å². The Morgan fingerprint density at radius 2 is 1.77 bits per heavy atom. The van der Waals surface area contributed by atoms with E-state index < -0.39 is 5.97 Å². The lowest BCUT2D eigenvalue weighted by molar-refractivity contribution is -0.136. The molecule has 2 fully saturated rings. The second-order valence-corrected chi connectivity index (χ2v) is 8.28. The summed E-state index contributed by atoms with van der Waals surface area (Å²) in [5.74, 6) is -0.169. The zero-order valence-electron chi connectivity index (χ0n) is 18.8. The number of piperidine rings is 1. The van der Waals surface area contributed by atoms with E-state index in [0.717, 1.165) is 32.5 Å². The first kappa shape index (κ1) is 23.2. The number of ether oxygens (including phenoxy) is 1. The smallest absolute Gasteiger partial charge is 0.343 e. The number of carbonyl (C=O) groups excluding carboxylic acids is 3.